The van der Waals surface area contributed by atoms with Crippen molar-refractivity contribution in [3.63, 3.8) is 0 Å². The minimum absolute atomic E-state index is 0.0242. The summed E-state index contributed by atoms with van der Waals surface area (Å²) in [6.45, 7) is 6.94. The molecular formula is C23H32N3O3+. The van der Waals surface area contributed by atoms with E-state index in [0.717, 1.165) is 33.0 Å². The number of hydrogen-bond donors (Lipinski definition) is 2. The molecule has 0 saturated heterocycles. The lowest BCUT2D eigenvalue weighted by molar-refractivity contribution is -0.862. The first-order valence-electron chi connectivity index (χ1n) is 9.76. The van der Waals surface area contributed by atoms with E-state index >= 15 is 0 Å². The molecule has 0 bridgehead atoms. The number of benzene rings is 2. The zero-order valence-electron chi connectivity index (χ0n) is 18.3. The van der Waals surface area contributed by atoms with Crippen molar-refractivity contribution in [1.82, 2.24) is 4.90 Å². The number of rotatable bonds is 8. The van der Waals surface area contributed by atoms with Gasteiger partial charge in [-0.3, -0.25) is 9.59 Å². The Morgan fingerprint density at radius 2 is 1.69 bits per heavy atom. The highest BCUT2D eigenvalue weighted by Gasteiger charge is 2.19. The summed E-state index contributed by atoms with van der Waals surface area (Å²) in [5, 5.41) is 2.99. The lowest BCUT2D eigenvalue weighted by Crippen LogP contribution is -3.11. The van der Waals surface area contributed by atoms with Crippen LogP contribution in [0.1, 0.15) is 22.3 Å². The standard InChI is InChI=1S/C23H31N3O3/c1-16-11-17(2)23(18(3)12-16)24-21(27)14-25(4)15-22(28)26(5)13-19-9-7-8-10-20(19)29-6/h7-12H,13-15H2,1-6H3,(H,24,27)/p+1. The monoisotopic (exact) mass is 398 g/mol. The Labute approximate surface area is 173 Å². The lowest BCUT2D eigenvalue weighted by Gasteiger charge is -2.21. The molecule has 0 aliphatic heterocycles. The van der Waals surface area contributed by atoms with Gasteiger partial charge in [-0.05, 0) is 38.0 Å². The molecular weight excluding hydrogens is 366 g/mol. The molecule has 6 nitrogen and oxygen atoms in total. The number of amides is 2. The fourth-order valence-corrected chi connectivity index (χ4v) is 3.47. The van der Waals surface area contributed by atoms with Crippen LogP contribution >= 0.6 is 0 Å². The fourth-order valence-electron chi connectivity index (χ4n) is 3.47. The minimum Gasteiger partial charge on any atom is -0.496 e. The van der Waals surface area contributed by atoms with Gasteiger partial charge in [-0.2, -0.15) is 0 Å². The Morgan fingerprint density at radius 3 is 2.31 bits per heavy atom. The summed E-state index contributed by atoms with van der Waals surface area (Å²) in [6, 6.07) is 11.7. The van der Waals surface area contributed by atoms with Crippen LogP contribution < -0.4 is 15.0 Å². The second kappa shape index (κ2) is 10.1. The molecule has 1 atom stereocenters. The zero-order chi connectivity index (χ0) is 21.6. The Balaban J connectivity index is 1.90. The van der Waals surface area contributed by atoms with Crippen LogP contribution in [-0.4, -0.2) is 51.0 Å². The quantitative estimate of drug-likeness (QED) is 0.712. The topological polar surface area (TPSA) is 63.1 Å². The van der Waals surface area contributed by atoms with Crippen molar-refractivity contribution >= 4 is 17.5 Å². The van der Waals surface area contributed by atoms with Crippen LogP contribution in [0.15, 0.2) is 36.4 Å². The molecule has 1 unspecified atom stereocenters. The molecule has 2 N–H and O–H groups in total. The largest absolute Gasteiger partial charge is 0.496 e. The molecule has 29 heavy (non-hydrogen) atoms. The first-order chi connectivity index (χ1) is 13.7. The van der Waals surface area contributed by atoms with Crippen LogP contribution in [0, 0.1) is 20.8 Å². The Hall–Kier alpha value is -2.86. The van der Waals surface area contributed by atoms with Gasteiger partial charge in [0.15, 0.2) is 13.1 Å². The predicted molar refractivity (Wildman–Crippen MR) is 115 cm³/mol. The molecule has 0 spiro atoms. The maximum Gasteiger partial charge on any atom is 0.279 e. The average molecular weight is 399 g/mol. The Kier molecular flexibility index (Phi) is 7.79. The summed E-state index contributed by atoms with van der Waals surface area (Å²) >= 11 is 0. The first-order valence-corrected chi connectivity index (χ1v) is 9.76. The third-order valence-electron chi connectivity index (χ3n) is 4.88. The van der Waals surface area contributed by atoms with E-state index < -0.39 is 0 Å². The fraction of sp³-hybridized carbons (Fsp3) is 0.391. The molecule has 0 radical (unpaired) electrons. The molecule has 2 rings (SSSR count). The van der Waals surface area contributed by atoms with E-state index in [4.69, 9.17) is 4.74 Å². The van der Waals surface area contributed by atoms with Gasteiger partial charge in [0.25, 0.3) is 11.8 Å². The van der Waals surface area contributed by atoms with Crippen molar-refractivity contribution < 1.29 is 19.2 Å². The number of carbonyl (C=O) groups excluding carboxylic acids is 2. The molecule has 0 aliphatic rings. The van der Waals surface area contributed by atoms with Crippen LogP contribution in [-0.2, 0) is 16.1 Å². The van der Waals surface area contributed by atoms with E-state index in [1.165, 1.54) is 5.56 Å². The van der Waals surface area contributed by atoms with E-state index in [-0.39, 0.29) is 24.9 Å². The number of methoxy groups -OCH3 is 1. The number of para-hydroxylation sites is 1. The Bertz CT molecular complexity index is 856. The second-order valence-electron chi connectivity index (χ2n) is 7.69. The maximum absolute atomic E-state index is 12.6. The van der Waals surface area contributed by atoms with Gasteiger partial charge in [-0.1, -0.05) is 35.9 Å². The number of hydrogen-bond acceptors (Lipinski definition) is 3. The molecule has 0 saturated carbocycles. The Morgan fingerprint density at radius 1 is 1.07 bits per heavy atom. The molecule has 0 heterocycles. The SMILES string of the molecule is COc1ccccc1CN(C)C(=O)C[NH+](C)CC(=O)Nc1c(C)cc(C)cc1C. The van der Waals surface area contributed by atoms with Gasteiger partial charge < -0.3 is 19.9 Å². The third kappa shape index (κ3) is 6.32. The van der Waals surface area contributed by atoms with Gasteiger partial charge in [0.1, 0.15) is 5.75 Å². The highest BCUT2D eigenvalue weighted by Crippen LogP contribution is 2.21. The summed E-state index contributed by atoms with van der Waals surface area (Å²) in [4.78, 5) is 27.5. The van der Waals surface area contributed by atoms with E-state index in [9.17, 15) is 9.59 Å². The average Bonchev–Trinajstić information content (AvgIpc) is 2.64. The minimum atomic E-state index is -0.0993. The highest BCUT2D eigenvalue weighted by molar-refractivity contribution is 5.93. The van der Waals surface area contributed by atoms with Crippen LogP contribution in [0.2, 0.25) is 0 Å². The van der Waals surface area contributed by atoms with Crippen LogP contribution in [0.3, 0.4) is 0 Å². The second-order valence-corrected chi connectivity index (χ2v) is 7.69. The van der Waals surface area contributed by atoms with Crippen molar-refractivity contribution in [3.8, 4) is 5.75 Å². The molecule has 0 aromatic heterocycles. The summed E-state index contributed by atoms with van der Waals surface area (Å²) in [6.07, 6.45) is 0. The number of carbonyl (C=O) groups is 2. The highest BCUT2D eigenvalue weighted by atomic mass is 16.5. The number of anilines is 1. The van der Waals surface area contributed by atoms with Gasteiger partial charge in [0, 0.05) is 24.8 Å². The molecule has 2 amide bonds. The molecule has 6 heteroatoms. The van der Waals surface area contributed by atoms with Gasteiger partial charge in [-0.25, -0.2) is 0 Å². The van der Waals surface area contributed by atoms with Crippen molar-refractivity contribution in [3.05, 3.63) is 58.7 Å². The smallest absolute Gasteiger partial charge is 0.279 e. The predicted octanol–water partition coefficient (Wildman–Crippen LogP) is 1.73. The molecule has 0 aliphatic carbocycles. The molecule has 2 aromatic rings. The van der Waals surface area contributed by atoms with Crippen molar-refractivity contribution in [2.75, 3.05) is 39.6 Å². The normalized spacial score (nSPS) is 11.7. The van der Waals surface area contributed by atoms with Gasteiger partial charge in [-0.15, -0.1) is 0 Å². The van der Waals surface area contributed by atoms with E-state index in [2.05, 4.69) is 17.4 Å². The molecule has 0 fully saturated rings. The number of ether oxygens (including phenoxy) is 1. The number of aryl methyl sites for hydroxylation is 3. The van der Waals surface area contributed by atoms with Crippen LogP contribution in [0.4, 0.5) is 5.69 Å². The summed E-state index contributed by atoms with van der Waals surface area (Å²) in [5.74, 6) is 0.637. The third-order valence-corrected chi connectivity index (χ3v) is 4.88. The number of likely N-dealkylation sites (N-methyl/N-ethyl adjacent to an activating group) is 2. The first kappa shape index (κ1) is 22.4. The van der Waals surface area contributed by atoms with E-state index in [1.807, 2.05) is 52.1 Å². The maximum atomic E-state index is 12.6. The molecule has 156 valence electrons. The number of nitrogens with zero attached hydrogens (tertiary/aromatic N) is 1. The van der Waals surface area contributed by atoms with Gasteiger partial charge >= 0.3 is 0 Å². The summed E-state index contributed by atoms with van der Waals surface area (Å²) in [5.41, 5.74) is 5.06. The number of quaternary nitrogens is 1. The van der Waals surface area contributed by atoms with Crippen molar-refractivity contribution in [1.29, 1.82) is 0 Å². The number of nitrogens with one attached hydrogen (secondary N) is 2. The van der Waals surface area contributed by atoms with Gasteiger partial charge in [0.05, 0.1) is 14.2 Å². The van der Waals surface area contributed by atoms with Crippen LogP contribution in [0.25, 0.3) is 0 Å². The van der Waals surface area contributed by atoms with Crippen molar-refractivity contribution in [2.24, 2.45) is 0 Å². The van der Waals surface area contributed by atoms with E-state index in [1.54, 1.807) is 19.1 Å². The summed E-state index contributed by atoms with van der Waals surface area (Å²) < 4.78 is 5.35. The lowest BCUT2D eigenvalue weighted by atomic mass is 10.1. The molecule has 2 aromatic carbocycles. The van der Waals surface area contributed by atoms with Crippen molar-refractivity contribution in [2.45, 2.75) is 27.3 Å². The van der Waals surface area contributed by atoms with Crippen LogP contribution in [0.5, 0.6) is 5.75 Å². The summed E-state index contributed by atoms with van der Waals surface area (Å²) in [7, 11) is 5.24. The van der Waals surface area contributed by atoms with E-state index in [0.29, 0.717) is 6.54 Å². The zero-order valence-corrected chi connectivity index (χ0v) is 18.3. The van der Waals surface area contributed by atoms with Gasteiger partial charge in [0.2, 0.25) is 0 Å².